The standard InChI is InChI=1S/C20H18N2O2/c23-19(14-22-20(24)17-7-2-1-3-8-17)21-13-15-10-11-16-6-4-5-9-18(16)12-15/h1-12H,13-14H2,(H,21,23)(H,22,24). The van der Waals surface area contributed by atoms with Gasteiger partial charge in [-0.15, -0.1) is 0 Å². The third kappa shape index (κ3) is 3.98. The van der Waals surface area contributed by atoms with Crippen molar-refractivity contribution in [3.8, 4) is 0 Å². The topological polar surface area (TPSA) is 58.2 Å². The van der Waals surface area contributed by atoms with E-state index < -0.39 is 0 Å². The first-order chi connectivity index (χ1) is 11.7. The third-order valence-corrected chi connectivity index (χ3v) is 3.75. The molecule has 3 aromatic carbocycles. The number of hydrogen-bond donors (Lipinski definition) is 2. The molecule has 0 unspecified atom stereocenters. The van der Waals surface area contributed by atoms with Gasteiger partial charge in [-0.05, 0) is 34.5 Å². The maximum atomic E-state index is 11.9. The lowest BCUT2D eigenvalue weighted by Crippen LogP contribution is -2.36. The molecule has 0 saturated heterocycles. The van der Waals surface area contributed by atoms with Gasteiger partial charge in [0.25, 0.3) is 5.91 Å². The van der Waals surface area contributed by atoms with Crippen molar-refractivity contribution in [3.05, 3.63) is 83.9 Å². The highest BCUT2D eigenvalue weighted by Gasteiger charge is 2.07. The fraction of sp³-hybridized carbons (Fsp3) is 0.100. The molecule has 0 radical (unpaired) electrons. The van der Waals surface area contributed by atoms with E-state index in [1.165, 1.54) is 5.39 Å². The van der Waals surface area contributed by atoms with Crippen molar-refractivity contribution in [2.24, 2.45) is 0 Å². The van der Waals surface area contributed by atoms with E-state index in [-0.39, 0.29) is 18.4 Å². The summed E-state index contributed by atoms with van der Waals surface area (Å²) in [6.07, 6.45) is 0. The van der Waals surface area contributed by atoms with Gasteiger partial charge in [-0.3, -0.25) is 9.59 Å². The number of benzene rings is 3. The van der Waals surface area contributed by atoms with Crippen LogP contribution < -0.4 is 10.6 Å². The molecule has 2 N–H and O–H groups in total. The van der Waals surface area contributed by atoms with Gasteiger partial charge in [0.15, 0.2) is 0 Å². The van der Waals surface area contributed by atoms with Crippen molar-refractivity contribution in [2.45, 2.75) is 6.54 Å². The summed E-state index contributed by atoms with van der Waals surface area (Å²) in [6, 6.07) is 23.0. The number of amides is 2. The van der Waals surface area contributed by atoms with Crippen LogP contribution in [0.2, 0.25) is 0 Å². The second-order valence-corrected chi connectivity index (χ2v) is 5.51. The normalized spacial score (nSPS) is 10.3. The maximum Gasteiger partial charge on any atom is 0.251 e. The third-order valence-electron chi connectivity index (χ3n) is 3.75. The van der Waals surface area contributed by atoms with Crippen LogP contribution in [0, 0.1) is 0 Å². The molecular weight excluding hydrogens is 300 g/mol. The lowest BCUT2D eigenvalue weighted by atomic mass is 10.1. The quantitative estimate of drug-likeness (QED) is 0.760. The average molecular weight is 318 g/mol. The molecule has 0 aliphatic heterocycles. The smallest absolute Gasteiger partial charge is 0.251 e. The fourth-order valence-electron chi connectivity index (χ4n) is 2.46. The van der Waals surface area contributed by atoms with Crippen molar-refractivity contribution in [1.29, 1.82) is 0 Å². The highest BCUT2D eigenvalue weighted by atomic mass is 16.2. The number of rotatable bonds is 5. The predicted molar refractivity (Wildman–Crippen MR) is 94.6 cm³/mol. The van der Waals surface area contributed by atoms with E-state index in [2.05, 4.69) is 22.8 Å². The summed E-state index contributed by atoms with van der Waals surface area (Å²) < 4.78 is 0. The number of carbonyl (C=O) groups excluding carboxylic acids is 2. The predicted octanol–water partition coefficient (Wildman–Crippen LogP) is 2.89. The van der Waals surface area contributed by atoms with Gasteiger partial charge < -0.3 is 10.6 Å². The first-order valence-corrected chi connectivity index (χ1v) is 7.80. The minimum Gasteiger partial charge on any atom is -0.350 e. The van der Waals surface area contributed by atoms with Crippen LogP contribution in [-0.4, -0.2) is 18.4 Å². The van der Waals surface area contributed by atoms with Crippen molar-refractivity contribution < 1.29 is 9.59 Å². The first-order valence-electron chi connectivity index (χ1n) is 7.80. The average Bonchev–Trinajstić information content (AvgIpc) is 2.65. The Morgan fingerprint density at radius 3 is 2.25 bits per heavy atom. The Balaban J connectivity index is 1.50. The number of fused-ring (bicyclic) bond motifs is 1. The number of nitrogens with one attached hydrogen (secondary N) is 2. The fourth-order valence-corrected chi connectivity index (χ4v) is 2.46. The highest BCUT2D eigenvalue weighted by Crippen LogP contribution is 2.15. The van der Waals surface area contributed by atoms with E-state index in [0.717, 1.165) is 10.9 Å². The van der Waals surface area contributed by atoms with Gasteiger partial charge in [0, 0.05) is 12.1 Å². The molecule has 4 nitrogen and oxygen atoms in total. The van der Waals surface area contributed by atoms with Crippen LogP contribution in [0.15, 0.2) is 72.8 Å². The van der Waals surface area contributed by atoms with E-state index in [9.17, 15) is 9.59 Å². The van der Waals surface area contributed by atoms with Gasteiger partial charge in [0.05, 0.1) is 6.54 Å². The molecule has 0 bridgehead atoms. The first kappa shape index (κ1) is 15.7. The molecule has 0 spiro atoms. The van der Waals surface area contributed by atoms with Crippen molar-refractivity contribution in [2.75, 3.05) is 6.54 Å². The van der Waals surface area contributed by atoms with Crippen LogP contribution in [0.25, 0.3) is 10.8 Å². The Labute approximate surface area is 140 Å². The summed E-state index contributed by atoms with van der Waals surface area (Å²) in [7, 11) is 0. The minimum atomic E-state index is -0.253. The summed E-state index contributed by atoms with van der Waals surface area (Å²) in [5, 5.41) is 7.74. The Morgan fingerprint density at radius 1 is 0.750 bits per heavy atom. The second-order valence-electron chi connectivity index (χ2n) is 5.51. The Kier molecular flexibility index (Phi) is 4.87. The van der Waals surface area contributed by atoms with Gasteiger partial charge in [-0.25, -0.2) is 0 Å². The van der Waals surface area contributed by atoms with Crippen LogP contribution in [0.5, 0.6) is 0 Å². The molecule has 3 aromatic rings. The monoisotopic (exact) mass is 318 g/mol. The van der Waals surface area contributed by atoms with E-state index >= 15 is 0 Å². The van der Waals surface area contributed by atoms with Crippen LogP contribution in [-0.2, 0) is 11.3 Å². The zero-order valence-corrected chi connectivity index (χ0v) is 13.2. The molecule has 0 saturated carbocycles. The Morgan fingerprint density at radius 2 is 1.46 bits per heavy atom. The summed E-state index contributed by atoms with van der Waals surface area (Å²) in [6.45, 7) is 0.395. The molecular formula is C20H18N2O2. The van der Waals surface area contributed by atoms with Crippen molar-refractivity contribution >= 4 is 22.6 Å². The molecule has 0 aliphatic carbocycles. The zero-order valence-electron chi connectivity index (χ0n) is 13.2. The van der Waals surface area contributed by atoms with E-state index in [0.29, 0.717) is 12.1 Å². The van der Waals surface area contributed by atoms with Crippen LogP contribution >= 0.6 is 0 Å². The molecule has 24 heavy (non-hydrogen) atoms. The molecule has 0 heterocycles. The van der Waals surface area contributed by atoms with E-state index in [1.807, 2.05) is 36.4 Å². The summed E-state index contributed by atoms with van der Waals surface area (Å²) >= 11 is 0. The molecule has 3 rings (SSSR count). The SMILES string of the molecule is O=C(CNC(=O)c1ccccc1)NCc1ccc2ccccc2c1. The van der Waals surface area contributed by atoms with Crippen LogP contribution in [0.3, 0.4) is 0 Å². The molecule has 4 heteroatoms. The van der Waals surface area contributed by atoms with E-state index in [1.54, 1.807) is 24.3 Å². The van der Waals surface area contributed by atoms with Gasteiger partial charge in [0.2, 0.25) is 5.91 Å². The molecule has 0 aromatic heterocycles. The number of hydrogen-bond acceptors (Lipinski definition) is 2. The van der Waals surface area contributed by atoms with Gasteiger partial charge in [-0.2, -0.15) is 0 Å². The number of carbonyl (C=O) groups is 2. The van der Waals surface area contributed by atoms with Gasteiger partial charge in [-0.1, -0.05) is 54.6 Å². The summed E-state index contributed by atoms with van der Waals surface area (Å²) in [4.78, 5) is 23.8. The molecule has 2 amide bonds. The maximum absolute atomic E-state index is 11.9. The molecule has 0 aliphatic rings. The lowest BCUT2D eigenvalue weighted by molar-refractivity contribution is -0.120. The molecule has 0 fully saturated rings. The van der Waals surface area contributed by atoms with Crippen molar-refractivity contribution in [3.63, 3.8) is 0 Å². The highest BCUT2D eigenvalue weighted by molar-refractivity contribution is 5.96. The Bertz CT molecular complexity index is 860. The molecule has 120 valence electrons. The van der Waals surface area contributed by atoms with Crippen molar-refractivity contribution in [1.82, 2.24) is 10.6 Å². The van der Waals surface area contributed by atoms with E-state index in [4.69, 9.17) is 0 Å². The second kappa shape index (κ2) is 7.42. The summed E-state index contributed by atoms with van der Waals surface area (Å²) in [5.74, 6) is -0.469. The minimum absolute atomic E-state index is 0.0404. The largest absolute Gasteiger partial charge is 0.350 e. The molecule has 0 atom stereocenters. The van der Waals surface area contributed by atoms with Gasteiger partial charge >= 0.3 is 0 Å². The van der Waals surface area contributed by atoms with Crippen LogP contribution in [0.1, 0.15) is 15.9 Å². The lowest BCUT2D eigenvalue weighted by Gasteiger charge is -2.08. The van der Waals surface area contributed by atoms with Crippen LogP contribution in [0.4, 0.5) is 0 Å². The summed E-state index contributed by atoms with van der Waals surface area (Å²) in [5.41, 5.74) is 1.57. The van der Waals surface area contributed by atoms with Gasteiger partial charge in [0.1, 0.15) is 0 Å². The Hall–Kier alpha value is -3.14. The zero-order chi connectivity index (χ0) is 16.8.